The summed E-state index contributed by atoms with van der Waals surface area (Å²) in [7, 11) is 0. The Hall–Kier alpha value is -0.860. The van der Waals surface area contributed by atoms with E-state index in [4.69, 9.17) is 0 Å². The van der Waals surface area contributed by atoms with Gasteiger partial charge in [0, 0.05) is 31.7 Å². The Morgan fingerprint density at radius 3 is 2.44 bits per heavy atom. The third-order valence-electron chi connectivity index (χ3n) is 3.78. The molecule has 2 saturated heterocycles. The summed E-state index contributed by atoms with van der Waals surface area (Å²) in [5.74, 6) is 0. The number of likely N-dealkylation sites (tertiary alicyclic amines) is 1. The molecular weight excluding hydrogens is 196 g/mol. The zero-order valence-corrected chi connectivity index (χ0v) is 9.73. The maximum absolute atomic E-state index is 3.73. The van der Waals surface area contributed by atoms with Crippen molar-refractivity contribution >= 4 is 0 Å². The highest BCUT2D eigenvalue weighted by Gasteiger charge is 2.29. The van der Waals surface area contributed by atoms with Crippen molar-refractivity contribution in [1.29, 1.82) is 0 Å². The van der Waals surface area contributed by atoms with Crippen LogP contribution in [0.3, 0.4) is 0 Å². The van der Waals surface area contributed by atoms with Crippen molar-refractivity contribution in [3.05, 3.63) is 35.9 Å². The fourth-order valence-electron chi connectivity index (χ4n) is 3.07. The highest BCUT2D eigenvalue weighted by atomic mass is 15.2. The minimum absolute atomic E-state index is 0.746. The van der Waals surface area contributed by atoms with Crippen molar-refractivity contribution in [3.8, 4) is 0 Å². The van der Waals surface area contributed by atoms with Crippen LogP contribution in [-0.2, 0) is 6.54 Å². The van der Waals surface area contributed by atoms with Crippen LogP contribution in [0.1, 0.15) is 24.8 Å². The van der Waals surface area contributed by atoms with E-state index in [0.29, 0.717) is 0 Å². The van der Waals surface area contributed by atoms with Crippen LogP contribution in [0.2, 0.25) is 0 Å². The molecule has 3 rings (SSSR count). The van der Waals surface area contributed by atoms with Gasteiger partial charge in [-0.2, -0.15) is 0 Å². The van der Waals surface area contributed by atoms with Gasteiger partial charge in [-0.05, 0) is 18.4 Å². The van der Waals surface area contributed by atoms with Crippen LogP contribution < -0.4 is 5.32 Å². The van der Waals surface area contributed by atoms with Crippen LogP contribution in [0.5, 0.6) is 0 Å². The molecule has 2 atom stereocenters. The molecule has 2 nitrogen and oxygen atoms in total. The maximum Gasteiger partial charge on any atom is 0.0235 e. The average Bonchev–Trinajstić information content (AvgIpc) is 2.30. The van der Waals surface area contributed by atoms with Gasteiger partial charge in [0.05, 0.1) is 0 Å². The normalized spacial score (nSPS) is 30.2. The zero-order chi connectivity index (χ0) is 10.8. The Morgan fingerprint density at radius 1 is 1.06 bits per heavy atom. The smallest absolute Gasteiger partial charge is 0.0235 e. The molecule has 0 spiro atoms. The van der Waals surface area contributed by atoms with E-state index in [0.717, 1.165) is 18.6 Å². The lowest BCUT2D eigenvalue weighted by molar-refractivity contribution is 0.119. The van der Waals surface area contributed by atoms with Gasteiger partial charge in [0.15, 0.2) is 0 Å². The zero-order valence-electron chi connectivity index (χ0n) is 9.73. The number of hydrogen-bond acceptors (Lipinski definition) is 2. The third kappa shape index (κ3) is 2.28. The van der Waals surface area contributed by atoms with E-state index in [2.05, 4.69) is 40.5 Å². The minimum atomic E-state index is 0.746. The topological polar surface area (TPSA) is 15.3 Å². The minimum Gasteiger partial charge on any atom is -0.309 e. The second-order valence-corrected chi connectivity index (χ2v) is 5.17. The predicted octanol–water partition coefficient (Wildman–Crippen LogP) is 2.01. The summed E-state index contributed by atoms with van der Waals surface area (Å²) >= 11 is 0. The van der Waals surface area contributed by atoms with Crippen LogP contribution in [0.4, 0.5) is 0 Å². The van der Waals surface area contributed by atoms with E-state index in [1.807, 2.05) is 0 Å². The van der Waals surface area contributed by atoms with Gasteiger partial charge in [0.2, 0.25) is 0 Å². The monoisotopic (exact) mass is 216 g/mol. The lowest BCUT2D eigenvalue weighted by Crippen LogP contribution is -2.58. The molecule has 1 N–H and O–H groups in total. The molecule has 0 amide bonds. The maximum atomic E-state index is 3.73. The molecule has 2 heteroatoms. The fourth-order valence-corrected chi connectivity index (χ4v) is 3.07. The van der Waals surface area contributed by atoms with Crippen molar-refractivity contribution in [3.63, 3.8) is 0 Å². The first-order valence-electron chi connectivity index (χ1n) is 6.42. The summed E-state index contributed by atoms with van der Waals surface area (Å²) < 4.78 is 0. The molecule has 2 aliphatic rings. The van der Waals surface area contributed by atoms with Gasteiger partial charge in [-0.25, -0.2) is 0 Å². The molecule has 0 aromatic heterocycles. The summed E-state index contributed by atoms with van der Waals surface area (Å²) in [4.78, 5) is 2.61. The van der Waals surface area contributed by atoms with Crippen LogP contribution in [0, 0.1) is 0 Å². The SMILES string of the molecule is c1ccc(CN2C[C@H]3CCC[C@H](C2)N3)cc1. The Morgan fingerprint density at radius 2 is 1.75 bits per heavy atom. The summed E-state index contributed by atoms with van der Waals surface area (Å²) in [5, 5.41) is 3.73. The molecule has 2 aliphatic heterocycles. The third-order valence-corrected chi connectivity index (χ3v) is 3.78. The lowest BCUT2D eigenvalue weighted by Gasteiger charge is -2.42. The predicted molar refractivity (Wildman–Crippen MR) is 66.3 cm³/mol. The molecular formula is C14H20N2. The molecule has 86 valence electrons. The van der Waals surface area contributed by atoms with E-state index in [9.17, 15) is 0 Å². The molecule has 1 aromatic rings. The number of piperazine rings is 1. The Labute approximate surface area is 97.6 Å². The molecule has 16 heavy (non-hydrogen) atoms. The van der Waals surface area contributed by atoms with Gasteiger partial charge in [-0.15, -0.1) is 0 Å². The highest BCUT2D eigenvalue weighted by molar-refractivity contribution is 5.14. The molecule has 2 fully saturated rings. The second kappa shape index (κ2) is 4.56. The van der Waals surface area contributed by atoms with E-state index >= 15 is 0 Å². The van der Waals surface area contributed by atoms with Crippen LogP contribution in [0.25, 0.3) is 0 Å². The van der Waals surface area contributed by atoms with Crippen molar-refractivity contribution in [1.82, 2.24) is 10.2 Å². The van der Waals surface area contributed by atoms with Crippen LogP contribution in [-0.4, -0.2) is 30.1 Å². The summed E-state index contributed by atoms with van der Waals surface area (Å²) in [5.41, 5.74) is 1.45. The Kier molecular flexibility index (Phi) is 2.94. The fraction of sp³-hybridized carbons (Fsp3) is 0.571. The largest absolute Gasteiger partial charge is 0.309 e. The van der Waals surface area contributed by atoms with Gasteiger partial charge in [0.25, 0.3) is 0 Å². The summed E-state index contributed by atoms with van der Waals surface area (Å²) in [6, 6.07) is 12.3. The number of nitrogens with one attached hydrogen (secondary N) is 1. The van der Waals surface area contributed by atoms with E-state index in [1.54, 1.807) is 0 Å². The van der Waals surface area contributed by atoms with Gasteiger partial charge < -0.3 is 5.32 Å². The van der Waals surface area contributed by atoms with Crippen molar-refractivity contribution < 1.29 is 0 Å². The second-order valence-electron chi connectivity index (χ2n) is 5.17. The average molecular weight is 216 g/mol. The Balaban J connectivity index is 1.63. The van der Waals surface area contributed by atoms with Crippen LogP contribution >= 0.6 is 0 Å². The van der Waals surface area contributed by atoms with E-state index in [1.165, 1.54) is 37.9 Å². The lowest BCUT2D eigenvalue weighted by atomic mass is 9.94. The van der Waals surface area contributed by atoms with Gasteiger partial charge in [0.1, 0.15) is 0 Å². The standard InChI is InChI=1S/C14H20N2/c1-2-5-12(6-3-1)9-16-10-13-7-4-8-14(11-16)15-13/h1-3,5-6,13-15H,4,7-11H2/t13-,14-/m1/s1. The number of hydrogen-bond donors (Lipinski definition) is 1. The van der Waals surface area contributed by atoms with Crippen molar-refractivity contribution in [2.75, 3.05) is 13.1 Å². The molecule has 0 saturated carbocycles. The molecule has 0 unspecified atom stereocenters. The highest BCUT2D eigenvalue weighted by Crippen LogP contribution is 2.20. The molecule has 2 bridgehead atoms. The quantitative estimate of drug-likeness (QED) is 0.813. The number of piperidine rings is 1. The number of benzene rings is 1. The number of rotatable bonds is 2. The van der Waals surface area contributed by atoms with E-state index < -0.39 is 0 Å². The van der Waals surface area contributed by atoms with Crippen LogP contribution in [0.15, 0.2) is 30.3 Å². The first-order valence-corrected chi connectivity index (χ1v) is 6.42. The van der Waals surface area contributed by atoms with Gasteiger partial charge in [-0.3, -0.25) is 4.90 Å². The van der Waals surface area contributed by atoms with Gasteiger partial charge in [-0.1, -0.05) is 36.8 Å². The van der Waals surface area contributed by atoms with Crippen molar-refractivity contribution in [2.45, 2.75) is 37.9 Å². The number of fused-ring (bicyclic) bond motifs is 2. The molecule has 0 radical (unpaired) electrons. The first kappa shape index (κ1) is 10.3. The molecule has 0 aliphatic carbocycles. The first-order chi connectivity index (χ1) is 7.90. The van der Waals surface area contributed by atoms with E-state index in [-0.39, 0.29) is 0 Å². The number of nitrogens with zero attached hydrogens (tertiary/aromatic N) is 1. The summed E-state index contributed by atoms with van der Waals surface area (Å²) in [6.45, 7) is 3.58. The van der Waals surface area contributed by atoms with Gasteiger partial charge >= 0.3 is 0 Å². The Bertz CT molecular complexity index is 324. The molecule has 1 aromatic carbocycles. The van der Waals surface area contributed by atoms with Crippen molar-refractivity contribution in [2.24, 2.45) is 0 Å². The summed E-state index contributed by atoms with van der Waals surface area (Å²) in [6.07, 6.45) is 4.14. The molecule has 2 heterocycles.